The minimum Gasteiger partial charge on any atom is -0.479 e. The molecule has 22 heavy (non-hydrogen) atoms. The number of methoxy groups -OCH3 is 1. The van der Waals surface area contributed by atoms with E-state index in [0.717, 1.165) is 5.69 Å². The second-order valence-electron chi connectivity index (χ2n) is 4.75. The van der Waals surface area contributed by atoms with Crippen molar-refractivity contribution in [3.05, 3.63) is 40.2 Å². The van der Waals surface area contributed by atoms with Crippen LogP contribution in [0.2, 0.25) is 0 Å². The molecule has 2 heterocycles. The third-order valence-electron chi connectivity index (χ3n) is 3.17. The Balaban J connectivity index is 1.96. The van der Waals surface area contributed by atoms with Gasteiger partial charge < -0.3 is 10.1 Å². The standard InChI is InChI=1S/C14H19N5O3/c1-4-10-7-12(20)19(9-16-10)6-5-15-13(21)11-8-18(2)17-14(11)22-3/h7-9H,4-6H2,1-3H3,(H,15,21). The number of hydrogen-bond donors (Lipinski definition) is 1. The van der Waals surface area contributed by atoms with Gasteiger partial charge in [-0.25, -0.2) is 4.98 Å². The number of hydrogen-bond acceptors (Lipinski definition) is 5. The molecule has 2 rings (SSSR count). The molecule has 0 aliphatic carbocycles. The number of amides is 1. The molecule has 0 aliphatic heterocycles. The van der Waals surface area contributed by atoms with E-state index in [1.165, 1.54) is 28.8 Å². The molecule has 1 N–H and O–H groups in total. The summed E-state index contributed by atoms with van der Waals surface area (Å²) in [6, 6.07) is 1.51. The maximum atomic E-state index is 12.1. The summed E-state index contributed by atoms with van der Waals surface area (Å²) in [7, 11) is 3.17. The Labute approximate surface area is 127 Å². The predicted octanol–water partition coefficient (Wildman–Crippen LogP) is -0.0222. The van der Waals surface area contributed by atoms with Crippen LogP contribution in [-0.4, -0.2) is 38.9 Å². The zero-order valence-corrected chi connectivity index (χ0v) is 12.9. The monoisotopic (exact) mass is 305 g/mol. The summed E-state index contributed by atoms with van der Waals surface area (Å²) in [5.74, 6) is -0.0257. The largest absolute Gasteiger partial charge is 0.479 e. The first-order valence-electron chi connectivity index (χ1n) is 6.96. The summed E-state index contributed by atoms with van der Waals surface area (Å²) in [5, 5.41) is 6.75. The van der Waals surface area contributed by atoms with Crippen LogP contribution in [-0.2, 0) is 20.0 Å². The van der Waals surface area contributed by atoms with Crippen LogP contribution in [0, 0.1) is 0 Å². The van der Waals surface area contributed by atoms with Crippen molar-refractivity contribution in [1.29, 1.82) is 0 Å². The van der Waals surface area contributed by atoms with E-state index < -0.39 is 0 Å². The average Bonchev–Trinajstić information content (AvgIpc) is 2.89. The van der Waals surface area contributed by atoms with Crippen molar-refractivity contribution < 1.29 is 9.53 Å². The highest BCUT2D eigenvalue weighted by atomic mass is 16.5. The zero-order valence-electron chi connectivity index (χ0n) is 12.9. The molecule has 0 unspecified atom stereocenters. The number of carbonyl (C=O) groups is 1. The van der Waals surface area contributed by atoms with Crippen molar-refractivity contribution in [2.45, 2.75) is 19.9 Å². The summed E-state index contributed by atoms with van der Waals surface area (Å²) in [6.45, 7) is 2.60. The van der Waals surface area contributed by atoms with E-state index in [-0.39, 0.29) is 17.3 Å². The van der Waals surface area contributed by atoms with Crippen molar-refractivity contribution in [3.8, 4) is 5.88 Å². The van der Waals surface area contributed by atoms with E-state index in [0.29, 0.717) is 25.1 Å². The van der Waals surface area contributed by atoms with Crippen molar-refractivity contribution in [2.24, 2.45) is 7.05 Å². The first-order valence-corrected chi connectivity index (χ1v) is 6.96. The van der Waals surface area contributed by atoms with Crippen molar-refractivity contribution in [2.75, 3.05) is 13.7 Å². The number of nitrogens with one attached hydrogen (secondary N) is 1. The fourth-order valence-corrected chi connectivity index (χ4v) is 1.98. The van der Waals surface area contributed by atoms with Gasteiger partial charge in [0.05, 0.1) is 13.4 Å². The summed E-state index contributed by atoms with van der Waals surface area (Å²) < 4.78 is 8.00. The number of rotatable bonds is 6. The fourth-order valence-electron chi connectivity index (χ4n) is 1.98. The maximum absolute atomic E-state index is 12.1. The molecule has 0 fully saturated rings. The summed E-state index contributed by atoms with van der Waals surface area (Å²) in [6.07, 6.45) is 3.80. The van der Waals surface area contributed by atoms with Crippen LogP contribution in [0.25, 0.3) is 0 Å². The average molecular weight is 305 g/mol. The number of aromatic nitrogens is 4. The Hall–Kier alpha value is -2.64. The highest BCUT2D eigenvalue weighted by Gasteiger charge is 2.15. The summed E-state index contributed by atoms with van der Waals surface area (Å²) >= 11 is 0. The van der Waals surface area contributed by atoms with E-state index in [2.05, 4.69) is 15.4 Å². The second-order valence-corrected chi connectivity index (χ2v) is 4.75. The highest BCUT2D eigenvalue weighted by molar-refractivity contribution is 5.96. The molecular weight excluding hydrogens is 286 g/mol. The van der Waals surface area contributed by atoms with Gasteiger partial charge in [0, 0.05) is 38.1 Å². The number of ether oxygens (including phenoxy) is 1. The van der Waals surface area contributed by atoms with Gasteiger partial charge in [-0.3, -0.25) is 18.8 Å². The van der Waals surface area contributed by atoms with E-state index >= 15 is 0 Å². The molecule has 0 aromatic carbocycles. The third-order valence-corrected chi connectivity index (χ3v) is 3.17. The lowest BCUT2D eigenvalue weighted by atomic mass is 10.3. The molecule has 2 aromatic heterocycles. The zero-order chi connectivity index (χ0) is 16.1. The Morgan fingerprint density at radius 1 is 1.45 bits per heavy atom. The summed E-state index contributed by atoms with van der Waals surface area (Å²) in [4.78, 5) is 28.1. The van der Waals surface area contributed by atoms with Gasteiger partial charge in [0.25, 0.3) is 11.5 Å². The van der Waals surface area contributed by atoms with Gasteiger partial charge in [0.2, 0.25) is 5.88 Å². The van der Waals surface area contributed by atoms with Gasteiger partial charge in [-0.2, -0.15) is 0 Å². The van der Waals surface area contributed by atoms with Crippen molar-refractivity contribution in [3.63, 3.8) is 0 Å². The summed E-state index contributed by atoms with van der Waals surface area (Å²) in [5.41, 5.74) is 0.988. The van der Waals surface area contributed by atoms with Crippen LogP contribution in [0.3, 0.4) is 0 Å². The van der Waals surface area contributed by atoms with Crippen molar-refractivity contribution >= 4 is 5.91 Å². The van der Waals surface area contributed by atoms with Gasteiger partial charge in [-0.1, -0.05) is 6.92 Å². The number of nitrogens with zero attached hydrogens (tertiary/aromatic N) is 4. The van der Waals surface area contributed by atoms with Gasteiger partial charge in [-0.05, 0) is 6.42 Å². The molecule has 0 radical (unpaired) electrons. The Morgan fingerprint density at radius 2 is 2.23 bits per heavy atom. The molecule has 0 spiro atoms. The van der Waals surface area contributed by atoms with Crippen LogP contribution in [0.4, 0.5) is 0 Å². The lowest BCUT2D eigenvalue weighted by molar-refractivity contribution is 0.0949. The fraction of sp³-hybridized carbons (Fsp3) is 0.429. The molecule has 0 atom stereocenters. The molecule has 118 valence electrons. The van der Waals surface area contributed by atoms with Crippen LogP contribution >= 0.6 is 0 Å². The Kier molecular flexibility index (Phi) is 4.92. The van der Waals surface area contributed by atoms with Gasteiger partial charge in [-0.15, -0.1) is 5.10 Å². The molecule has 0 saturated heterocycles. The molecular formula is C14H19N5O3. The molecule has 0 aliphatic rings. The van der Waals surface area contributed by atoms with Gasteiger partial charge in [0.15, 0.2) is 0 Å². The Morgan fingerprint density at radius 3 is 2.86 bits per heavy atom. The Bertz CT molecular complexity index is 720. The van der Waals surface area contributed by atoms with E-state index in [4.69, 9.17) is 4.74 Å². The SMILES string of the molecule is CCc1cc(=O)n(CCNC(=O)c2cn(C)nc2OC)cn1. The van der Waals surface area contributed by atoms with Crippen LogP contribution in [0.15, 0.2) is 23.4 Å². The first-order chi connectivity index (χ1) is 10.5. The van der Waals surface area contributed by atoms with Gasteiger partial charge >= 0.3 is 0 Å². The lowest BCUT2D eigenvalue weighted by Gasteiger charge is -2.07. The number of aryl methyl sites for hydroxylation is 2. The molecule has 8 heteroatoms. The van der Waals surface area contributed by atoms with E-state index in [1.54, 1.807) is 13.2 Å². The molecule has 8 nitrogen and oxygen atoms in total. The highest BCUT2D eigenvalue weighted by Crippen LogP contribution is 2.13. The normalized spacial score (nSPS) is 10.5. The lowest BCUT2D eigenvalue weighted by Crippen LogP contribution is -2.31. The first kappa shape index (κ1) is 15.7. The molecule has 1 amide bonds. The van der Waals surface area contributed by atoms with Gasteiger partial charge in [0.1, 0.15) is 5.56 Å². The quantitative estimate of drug-likeness (QED) is 0.810. The molecule has 0 bridgehead atoms. The minimum atomic E-state index is -0.295. The minimum absolute atomic E-state index is 0.125. The smallest absolute Gasteiger partial charge is 0.258 e. The van der Waals surface area contributed by atoms with E-state index in [1.807, 2.05) is 6.92 Å². The van der Waals surface area contributed by atoms with Crippen LogP contribution < -0.4 is 15.6 Å². The second kappa shape index (κ2) is 6.88. The number of carbonyl (C=O) groups excluding carboxylic acids is 1. The molecule has 2 aromatic rings. The third kappa shape index (κ3) is 3.51. The predicted molar refractivity (Wildman–Crippen MR) is 80.0 cm³/mol. The topological polar surface area (TPSA) is 91.0 Å². The van der Waals surface area contributed by atoms with Crippen LogP contribution in [0.5, 0.6) is 5.88 Å². The van der Waals surface area contributed by atoms with E-state index in [9.17, 15) is 9.59 Å². The van der Waals surface area contributed by atoms with Crippen LogP contribution in [0.1, 0.15) is 23.0 Å². The molecule has 0 saturated carbocycles. The van der Waals surface area contributed by atoms with Crippen molar-refractivity contribution in [1.82, 2.24) is 24.6 Å². The maximum Gasteiger partial charge on any atom is 0.258 e.